The Bertz CT molecular complexity index is 490. The zero-order chi connectivity index (χ0) is 12.4. The molecule has 0 saturated carbocycles. The van der Waals surface area contributed by atoms with Gasteiger partial charge in [0.15, 0.2) is 0 Å². The van der Waals surface area contributed by atoms with Crippen molar-refractivity contribution < 1.29 is 9.59 Å². The van der Waals surface area contributed by atoms with Gasteiger partial charge in [-0.1, -0.05) is 6.92 Å². The van der Waals surface area contributed by atoms with Crippen molar-refractivity contribution in [1.29, 1.82) is 0 Å². The molecule has 90 valence electrons. The van der Waals surface area contributed by atoms with Crippen LogP contribution in [0, 0.1) is 6.92 Å². The van der Waals surface area contributed by atoms with Gasteiger partial charge in [0.2, 0.25) is 0 Å². The van der Waals surface area contributed by atoms with Crippen LogP contribution in [0.4, 0.5) is 4.79 Å². The zero-order valence-electron chi connectivity index (χ0n) is 9.82. The van der Waals surface area contributed by atoms with Crippen LogP contribution in [0.5, 0.6) is 0 Å². The van der Waals surface area contributed by atoms with E-state index in [9.17, 15) is 9.59 Å². The summed E-state index contributed by atoms with van der Waals surface area (Å²) >= 11 is 1.56. The van der Waals surface area contributed by atoms with Crippen molar-refractivity contribution in [3.63, 3.8) is 0 Å². The van der Waals surface area contributed by atoms with Gasteiger partial charge in [-0.05, 0) is 36.4 Å². The second-order valence-electron chi connectivity index (χ2n) is 3.91. The fourth-order valence-electron chi connectivity index (χ4n) is 1.66. The molecule has 1 aromatic rings. The van der Waals surface area contributed by atoms with Crippen LogP contribution in [0.15, 0.2) is 17.1 Å². The molecule has 4 nitrogen and oxygen atoms in total. The smallest absolute Gasteiger partial charge is 0.303 e. The average Bonchev–Trinajstić information content (AvgIpc) is 2.79. The van der Waals surface area contributed by atoms with E-state index in [1.54, 1.807) is 17.4 Å². The summed E-state index contributed by atoms with van der Waals surface area (Å²) in [4.78, 5) is 25.7. The number of carbonyl (C=O) groups excluding carboxylic acids is 2. The summed E-state index contributed by atoms with van der Waals surface area (Å²) in [5.41, 5.74) is 1.48. The van der Waals surface area contributed by atoms with Gasteiger partial charge in [-0.25, -0.2) is 4.79 Å². The fraction of sp³-hybridized carbons (Fsp3) is 0.333. The van der Waals surface area contributed by atoms with E-state index in [2.05, 4.69) is 5.32 Å². The van der Waals surface area contributed by atoms with Crippen molar-refractivity contribution in [2.24, 2.45) is 0 Å². The Hall–Kier alpha value is -1.62. The molecule has 1 N–H and O–H groups in total. The topological polar surface area (TPSA) is 49.4 Å². The van der Waals surface area contributed by atoms with Gasteiger partial charge in [0.25, 0.3) is 5.91 Å². The maximum absolute atomic E-state index is 11.9. The molecule has 1 aliphatic heterocycles. The third kappa shape index (κ3) is 2.24. The summed E-state index contributed by atoms with van der Waals surface area (Å²) in [5, 5.41) is 4.57. The normalized spacial score (nSPS) is 18.0. The third-order valence-electron chi connectivity index (χ3n) is 2.59. The minimum atomic E-state index is -0.322. The van der Waals surface area contributed by atoms with Crippen molar-refractivity contribution >= 4 is 29.4 Å². The van der Waals surface area contributed by atoms with Crippen molar-refractivity contribution in [3.05, 3.63) is 27.6 Å². The van der Waals surface area contributed by atoms with Gasteiger partial charge in [-0.15, -0.1) is 11.3 Å². The van der Waals surface area contributed by atoms with Crippen molar-refractivity contribution in [2.45, 2.75) is 20.3 Å². The number of hydrogen-bond donors (Lipinski definition) is 1. The fourth-order valence-corrected chi connectivity index (χ4v) is 2.52. The summed E-state index contributed by atoms with van der Waals surface area (Å²) < 4.78 is 0. The Kier molecular flexibility index (Phi) is 3.28. The molecular formula is C12H14N2O2S. The van der Waals surface area contributed by atoms with Crippen LogP contribution in [-0.4, -0.2) is 23.4 Å². The molecule has 0 unspecified atom stereocenters. The lowest BCUT2D eigenvalue weighted by atomic mass is 10.2. The predicted molar refractivity (Wildman–Crippen MR) is 67.6 cm³/mol. The average molecular weight is 250 g/mol. The number of hydrogen-bond acceptors (Lipinski definition) is 3. The molecule has 5 heteroatoms. The third-order valence-corrected chi connectivity index (χ3v) is 3.55. The van der Waals surface area contributed by atoms with E-state index in [0.29, 0.717) is 12.2 Å². The van der Waals surface area contributed by atoms with E-state index in [1.165, 1.54) is 4.90 Å². The number of carbonyl (C=O) groups is 2. The van der Waals surface area contributed by atoms with E-state index in [4.69, 9.17) is 0 Å². The molecule has 0 radical (unpaired) electrons. The standard InChI is InChI=1S/C12H14N2O2S/c1-3-5-14-11(15)9(13-12(14)16)7-10-8(2)4-6-17-10/h4,6-7H,3,5H2,1-2H3,(H,13,16)/b9-7+. The summed E-state index contributed by atoms with van der Waals surface area (Å²) in [6.07, 6.45) is 2.51. The largest absolute Gasteiger partial charge is 0.329 e. The summed E-state index contributed by atoms with van der Waals surface area (Å²) in [7, 11) is 0. The van der Waals surface area contributed by atoms with Crippen LogP contribution in [0.3, 0.4) is 0 Å². The minimum Gasteiger partial charge on any atom is -0.303 e. The lowest BCUT2D eigenvalue weighted by Gasteiger charge is -2.08. The number of aryl methyl sites for hydroxylation is 1. The van der Waals surface area contributed by atoms with E-state index >= 15 is 0 Å². The van der Waals surface area contributed by atoms with Gasteiger partial charge in [0.1, 0.15) is 5.70 Å². The summed E-state index contributed by atoms with van der Waals surface area (Å²) in [6.45, 7) is 4.38. The van der Waals surface area contributed by atoms with E-state index in [-0.39, 0.29) is 11.9 Å². The molecule has 0 aliphatic carbocycles. The maximum Gasteiger partial charge on any atom is 0.329 e. The molecule has 2 heterocycles. The quantitative estimate of drug-likeness (QED) is 0.661. The lowest BCUT2D eigenvalue weighted by molar-refractivity contribution is -0.122. The van der Waals surface area contributed by atoms with Crippen LogP contribution < -0.4 is 5.32 Å². The van der Waals surface area contributed by atoms with Crippen LogP contribution in [0.25, 0.3) is 6.08 Å². The maximum atomic E-state index is 11.9. The first-order chi connectivity index (χ1) is 8.13. The molecule has 0 aromatic carbocycles. The SMILES string of the molecule is CCCN1C(=O)N/C(=C/c2sccc2C)C1=O. The van der Waals surface area contributed by atoms with E-state index < -0.39 is 0 Å². The minimum absolute atomic E-state index is 0.232. The van der Waals surface area contributed by atoms with Gasteiger partial charge >= 0.3 is 6.03 Å². The number of thiophene rings is 1. The number of amides is 3. The van der Waals surface area contributed by atoms with Gasteiger partial charge in [-0.2, -0.15) is 0 Å². The Labute approximate surface area is 104 Å². The Morgan fingerprint density at radius 3 is 2.82 bits per heavy atom. The summed E-state index contributed by atoms with van der Waals surface area (Å²) in [5.74, 6) is -0.232. The molecule has 17 heavy (non-hydrogen) atoms. The van der Waals surface area contributed by atoms with Crippen LogP contribution in [0.2, 0.25) is 0 Å². The first-order valence-corrected chi connectivity index (χ1v) is 6.40. The first kappa shape index (κ1) is 11.9. The second kappa shape index (κ2) is 4.71. The van der Waals surface area contributed by atoms with Gasteiger partial charge in [-0.3, -0.25) is 9.69 Å². The van der Waals surface area contributed by atoms with Crippen molar-refractivity contribution in [2.75, 3.05) is 6.54 Å². The molecule has 1 aliphatic rings. The van der Waals surface area contributed by atoms with Gasteiger partial charge in [0, 0.05) is 11.4 Å². The highest BCUT2D eigenvalue weighted by Crippen LogP contribution is 2.21. The Balaban J connectivity index is 2.25. The molecule has 0 bridgehead atoms. The molecular weight excluding hydrogens is 236 g/mol. The molecule has 2 rings (SSSR count). The number of nitrogens with one attached hydrogen (secondary N) is 1. The molecule has 0 spiro atoms. The lowest BCUT2D eigenvalue weighted by Crippen LogP contribution is -2.31. The van der Waals surface area contributed by atoms with Crippen LogP contribution in [-0.2, 0) is 4.79 Å². The zero-order valence-corrected chi connectivity index (χ0v) is 10.6. The highest BCUT2D eigenvalue weighted by atomic mass is 32.1. The van der Waals surface area contributed by atoms with E-state index in [0.717, 1.165) is 16.9 Å². The Morgan fingerprint density at radius 2 is 2.24 bits per heavy atom. The van der Waals surface area contributed by atoms with Crippen molar-refractivity contribution in [1.82, 2.24) is 10.2 Å². The predicted octanol–water partition coefficient (Wildman–Crippen LogP) is 2.36. The van der Waals surface area contributed by atoms with Gasteiger partial charge < -0.3 is 5.32 Å². The van der Waals surface area contributed by atoms with Crippen LogP contribution in [0.1, 0.15) is 23.8 Å². The molecule has 3 amide bonds. The second-order valence-corrected chi connectivity index (χ2v) is 4.86. The van der Waals surface area contributed by atoms with Crippen LogP contribution >= 0.6 is 11.3 Å². The number of nitrogens with zero attached hydrogens (tertiary/aromatic N) is 1. The highest BCUT2D eigenvalue weighted by molar-refractivity contribution is 7.11. The molecule has 1 aromatic heterocycles. The monoisotopic (exact) mass is 250 g/mol. The molecule has 0 atom stereocenters. The number of rotatable bonds is 3. The van der Waals surface area contributed by atoms with Crippen molar-refractivity contribution in [3.8, 4) is 0 Å². The van der Waals surface area contributed by atoms with E-state index in [1.807, 2.05) is 25.3 Å². The first-order valence-electron chi connectivity index (χ1n) is 5.52. The number of imide groups is 1. The summed E-state index contributed by atoms with van der Waals surface area (Å²) in [6, 6.07) is 1.67. The molecule has 1 fully saturated rings. The Morgan fingerprint density at radius 1 is 1.47 bits per heavy atom. The highest BCUT2D eigenvalue weighted by Gasteiger charge is 2.32. The molecule has 1 saturated heterocycles. The number of urea groups is 1. The van der Waals surface area contributed by atoms with Gasteiger partial charge in [0.05, 0.1) is 0 Å².